The van der Waals surface area contributed by atoms with Crippen LogP contribution in [0, 0.1) is 5.41 Å². The number of carbonyl (C=O) groups is 4. The Morgan fingerprint density at radius 2 is 1.83 bits per heavy atom. The van der Waals surface area contributed by atoms with Crippen molar-refractivity contribution in [1.82, 2.24) is 10.6 Å². The molecule has 2 aliphatic heterocycles. The van der Waals surface area contributed by atoms with Crippen LogP contribution >= 0.6 is 0 Å². The molecule has 0 aromatic carbocycles. The Morgan fingerprint density at radius 1 is 1.12 bits per heavy atom. The average molecular weight is 330 g/mol. The summed E-state index contributed by atoms with van der Waals surface area (Å²) >= 11 is 0. The van der Waals surface area contributed by atoms with E-state index >= 15 is 0 Å². The molecule has 0 aromatic rings. The molecule has 4 aliphatic rings. The van der Waals surface area contributed by atoms with Crippen molar-refractivity contribution in [2.45, 2.75) is 50.7 Å². The lowest BCUT2D eigenvalue weighted by molar-refractivity contribution is -0.170. The molecule has 4 amide bonds. The van der Waals surface area contributed by atoms with Crippen LogP contribution in [0.5, 0.6) is 0 Å². The molecule has 2 heterocycles. The molecule has 126 valence electrons. The van der Waals surface area contributed by atoms with Gasteiger partial charge < -0.3 is 4.74 Å². The van der Waals surface area contributed by atoms with Gasteiger partial charge in [-0.3, -0.25) is 25.0 Å². The third kappa shape index (κ3) is 1.94. The lowest BCUT2D eigenvalue weighted by Crippen LogP contribution is -2.69. The Hall–Kier alpha value is -2.28. The second-order valence-corrected chi connectivity index (χ2v) is 7.04. The normalized spacial score (nSPS) is 34.6. The highest BCUT2D eigenvalue weighted by atomic mass is 16.5. The van der Waals surface area contributed by atoms with Gasteiger partial charge in [-0.1, -0.05) is 18.6 Å². The second kappa shape index (κ2) is 4.86. The van der Waals surface area contributed by atoms with Gasteiger partial charge in [0.25, 0.3) is 11.8 Å². The van der Waals surface area contributed by atoms with Crippen molar-refractivity contribution in [3.63, 3.8) is 0 Å². The van der Waals surface area contributed by atoms with Gasteiger partial charge in [0.2, 0.25) is 5.60 Å². The third-order valence-electron chi connectivity index (χ3n) is 5.72. The summed E-state index contributed by atoms with van der Waals surface area (Å²) in [6, 6.07) is -0.819. The van der Waals surface area contributed by atoms with Crippen LogP contribution in [-0.4, -0.2) is 35.3 Å². The number of amides is 4. The Balaban J connectivity index is 1.72. The largest absolute Gasteiger partial charge is 0.348 e. The fraction of sp³-hybridized carbons (Fsp3) is 0.529. The molecule has 4 rings (SSSR count). The van der Waals surface area contributed by atoms with Crippen molar-refractivity contribution in [2.75, 3.05) is 0 Å². The van der Waals surface area contributed by atoms with Gasteiger partial charge in [0, 0.05) is 18.3 Å². The smallest absolute Gasteiger partial charge is 0.328 e. The number of hydrogen-bond acceptors (Lipinski definition) is 5. The second-order valence-electron chi connectivity index (χ2n) is 7.04. The van der Waals surface area contributed by atoms with E-state index in [2.05, 4.69) is 17.6 Å². The van der Waals surface area contributed by atoms with Crippen molar-refractivity contribution >= 4 is 23.6 Å². The van der Waals surface area contributed by atoms with Gasteiger partial charge in [0.05, 0.1) is 6.10 Å². The molecule has 7 nitrogen and oxygen atoms in total. The number of rotatable bonds is 0. The summed E-state index contributed by atoms with van der Waals surface area (Å²) in [6.07, 6.45) is 5.87. The van der Waals surface area contributed by atoms with Crippen molar-refractivity contribution in [1.29, 1.82) is 0 Å². The Kier molecular flexibility index (Phi) is 3.09. The number of fused-ring (bicyclic) bond motifs is 3. The van der Waals surface area contributed by atoms with Gasteiger partial charge in [0.15, 0.2) is 5.78 Å². The first-order valence-corrected chi connectivity index (χ1v) is 8.14. The van der Waals surface area contributed by atoms with E-state index in [1.165, 1.54) is 0 Å². The number of ether oxygens (including phenoxy) is 1. The van der Waals surface area contributed by atoms with Gasteiger partial charge in [-0.15, -0.1) is 0 Å². The first-order chi connectivity index (χ1) is 11.3. The quantitative estimate of drug-likeness (QED) is 0.507. The maximum Gasteiger partial charge on any atom is 0.328 e. The molecule has 2 fully saturated rings. The van der Waals surface area contributed by atoms with Gasteiger partial charge in [0.1, 0.15) is 0 Å². The molecule has 1 saturated heterocycles. The molecule has 2 atom stereocenters. The summed E-state index contributed by atoms with van der Waals surface area (Å²) in [4.78, 5) is 47.5. The number of barbiturate groups is 1. The molecule has 2 aliphatic carbocycles. The number of carbonyl (C=O) groups excluding carboxylic acids is 4. The Morgan fingerprint density at radius 3 is 2.54 bits per heavy atom. The number of hydrogen-bond donors (Lipinski definition) is 2. The van der Waals surface area contributed by atoms with Gasteiger partial charge in [-0.25, -0.2) is 4.79 Å². The molecule has 7 heteroatoms. The van der Waals surface area contributed by atoms with E-state index in [1.54, 1.807) is 6.08 Å². The molecule has 1 spiro atoms. The van der Waals surface area contributed by atoms with Crippen LogP contribution in [0.25, 0.3) is 0 Å². The van der Waals surface area contributed by atoms with E-state index in [0.717, 1.165) is 11.1 Å². The Bertz CT molecular complexity index is 730. The zero-order valence-electron chi connectivity index (χ0n) is 13.3. The summed E-state index contributed by atoms with van der Waals surface area (Å²) in [5, 5.41) is 4.23. The zero-order valence-corrected chi connectivity index (χ0v) is 13.3. The Labute approximate surface area is 138 Å². The van der Waals surface area contributed by atoms with Crippen LogP contribution in [0.15, 0.2) is 23.3 Å². The molecule has 2 N–H and O–H groups in total. The number of ketones is 1. The zero-order chi connectivity index (χ0) is 17.1. The first-order valence-electron chi connectivity index (χ1n) is 8.14. The maximum absolute atomic E-state index is 12.3. The number of nitrogens with one attached hydrogen (secondary N) is 2. The van der Waals surface area contributed by atoms with E-state index in [-0.39, 0.29) is 23.7 Å². The van der Waals surface area contributed by atoms with Crippen LogP contribution < -0.4 is 10.6 Å². The number of allylic oxidation sites excluding steroid dienone is 2. The molecular weight excluding hydrogens is 312 g/mol. The van der Waals surface area contributed by atoms with Crippen LogP contribution in [0.3, 0.4) is 0 Å². The lowest BCUT2D eigenvalue weighted by atomic mass is 9.61. The van der Waals surface area contributed by atoms with Gasteiger partial charge >= 0.3 is 6.03 Å². The van der Waals surface area contributed by atoms with Crippen LogP contribution in [-0.2, 0) is 19.1 Å². The average Bonchev–Trinajstić information content (AvgIpc) is 2.53. The first kappa shape index (κ1) is 15.3. The highest BCUT2D eigenvalue weighted by Crippen LogP contribution is 2.53. The summed E-state index contributed by atoms with van der Waals surface area (Å²) in [6.45, 7) is 2.09. The molecule has 0 unspecified atom stereocenters. The van der Waals surface area contributed by atoms with Crippen molar-refractivity contribution in [3.05, 3.63) is 23.3 Å². The molecule has 0 radical (unpaired) electrons. The summed E-state index contributed by atoms with van der Waals surface area (Å²) < 4.78 is 5.98. The summed E-state index contributed by atoms with van der Waals surface area (Å²) in [7, 11) is 0. The minimum Gasteiger partial charge on any atom is -0.348 e. The predicted octanol–water partition coefficient (Wildman–Crippen LogP) is 0.896. The molecule has 0 bridgehead atoms. The maximum atomic E-state index is 12.3. The molecule has 24 heavy (non-hydrogen) atoms. The fourth-order valence-corrected chi connectivity index (χ4v) is 4.29. The van der Waals surface area contributed by atoms with Crippen molar-refractivity contribution in [3.8, 4) is 0 Å². The van der Waals surface area contributed by atoms with Crippen LogP contribution in [0.4, 0.5) is 4.79 Å². The molecule has 1 saturated carbocycles. The standard InChI is InChI=1S/C17H18N2O5/c1-16-6-4-10(20)8-9(16)2-3-12-11(16)5-7-17(24-12)13(21)18-15(23)19-14(17)22/h5,8,12H,2-4,6-7H2,1H3,(H2,18,19,21,22,23)/t12-,16-/m0/s1. The van der Waals surface area contributed by atoms with E-state index in [0.29, 0.717) is 25.7 Å². The van der Waals surface area contributed by atoms with E-state index < -0.39 is 23.4 Å². The summed E-state index contributed by atoms with van der Waals surface area (Å²) in [5.41, 5.74) is 0.212. The topological polar surface area (TPSA) is 102 Å². The highest BCUT2D eigenvalue weighted by Gasteiger charge is 2.57. The molecule has 0 aromatic heterocycles. The SMILES string of the molecule is C[C@]12CCC(=O)C=C1CC[C@@H]1OC3(CC=C12)C(=O)NC(=O)NC3=O. The van der Waals surface area contributed by atoms with E-state index in [4.69, 9.17) is 4.74 Å². The van der Waals surface area contributed by atoms with Gasteiger partial charge in [-0.2, -0.15) is 0 Å². The monoisotopic (exact) mass is 330 g/mol. The van der Waals surface area contributed by atoms with E-state index in [1.807, 2.05) is 6.08 Å². The fourth-order valence-electron chi connectivity index (χ4n) is 4.29. The minimum absolute atomic E-state index is 0.0839. The van der Waals surface area contributed by atoms with E-state index in [9.17, 15) is 19.2 Å². The third-order valence-corrected chi connectivity index (χ3v) is 5.72. The highest BCUT2D eigenvalue weighted by molar-refractivity contribution is 6.21. The minimum atomic E-state index is -1.68. The molecular formula is C17H18N2O5. The summed E-state index contributed by atoms with van der Waals surface area (Å²) in [5.74, 6) is -1.27. The van der Waals surface area contributed by atoms with Crippen molar-refractivity contribution < 1.29 is 23.9 Å². The van der Waals surface area contributed by atoms with Crippen LogP contribution in [0.1, 0.15) is 39.0 Å². The number of imide groups is 2. The lowest BCUT2D eigenvalue weighted by Gasteiger charge is -2.50. The van der Waals surface area contributed by atoms with Crippen LogP contribution in [0.2, 0.25) is 0 Å². The predicted molar refractivity (Wildman–Crippen MR) is 81.7 cm³/mol. The van der Waals surface area contributed by atoms with Gasteiger partial charge in [-0.05, 0) is 30.9 Å². The van der Waals surface area contributed by atoms with Crippen molar-refractivity contribution in [2.24, 2.45) is 5.41 Å². The number of urea groups is 1.